The predicted octanol–water partition coefficient (Wildman–Crippen LogP) is 1.04. The zero-order valence-corrected chi connectivity index (χ0v) is 6.96. The standard InChI is InChI=1S/C8H14O3/c1-3-8(2,9)7-6-10-4-5-11-7/h6,9H,3-5H2,1-2H3. The maximum atomic E-state index is 9.67. The van der Waals surface area contributed by atoms with E-state index in [-0.39, 0.29) is 0 Å². The zero-order valence-electron chi connectivity index (χ0n) is 6.96. The van der Waals surface area contributed by atoms with Crippen molar-refractivity contribution in [3.05, 3.63) is 12.0 Å². The van der Waals surface area contributed by atoms with Crippen molar-refractivity contribution in [3.8, 4) is 0 Å². The van der Waals surface area contributed by atoms with Crippen molar-refractivity contribution in [3.63, 3.8) is 0 Å². The number of rotatable bonds is 2. The van der Waals surface area contributed by atoms with Gasteiger partial charge in [0.2, 0.25) is 0 Å². The molecule has 1 N–H and O–H groups in total. The van der Waals surface area contributed by atoms with Crippen molar-refractivity contribution in [2.75, 3.05) is 13.2 Å². The van der Waals surface area contributed by atoms with E-state index in [2.05, 4.69) is 0 Å². The van der Waals surface area contributed by atoms with Gasteiger partial charge in [-0.25, -0.2) is 0 Å². The first-order chi connectivity index (χ1) is 5.17. The first-order valence-corrected chi connectivity index (χ1v) is 3.84. The lowest BCUT2D eigenvalue weighted by Crippen LogP contribution is -2.30. The fraction of sp³-hybridized carbons (Fsp3) is 0.750. The number of aliphatic hydroxyl groups is 1. The monoisotopic (exact) mass is 158 g/mol. The second-order valence-corrected chi connectivity index (χ2v) is 2.83. The van der Waals surface area contributed by atoms with E-state index in [9.17, 15) is 5.11 Å². The lowest BCUT2D eigenvalue weighted by atomic mass is 10.0. The highest BCUT2D eigenvalue weighted by molar-refractivity contribution is 5.05. The van der Waals surface area contributed by atoms with Gasteiger partial charge in [-0.2, -0.15) is 0 Å². The summed E-state index contributed by atoms with van der Waals surface area (Å²) >= 11 is 0. The summed E-state index contributed by atoms with van der Waals surface area (Å²) in [5.41, 5.74) is -0.875. The molecule has 1 rings (SSSR count). The van der Waals surface area contributed by atoms with Crippen molar-refractivity contribution in [2.45, 2.75) is 25.9 Å². The minimum atomic E-state index is -0.875. The van der Waals surface area contributed by atoms with Gasteiger partial charge in [0.25, 0.3) is 0 Å². The van der Waals surface area contributed by atoms with Gasteiger partial charge in [0.15, 0.2) is 5.76 Å². The van der Waals surface area contributed by atoms with Gasteiger partial charge in [0, 0.05) is 0 Å². The van der Waals surface area contributed by atoms with Crippen LogP contribution in [0.5, 0.6) is 0 Å². The molecule has 0 aromatic rings. The molecule has 1 aliphatic rings. The van der Waals surface area contributed by atoms with Crippen LogP contribution in [0.25, 0.3) is 0 Å². The van der Waals surface area contributed by atoms with Gasteiger partial charge < -0.3 is 14.6 Å². The Morgan fingerprint density at radius 2 is 2.36 bits per heavy atom. The van der Waals surface area contributed by atoms with Gasteiger partial charge in [-0.05, 0) is 13.3 Å². The summed E-state index contributed by atoms with van der Waals surface area (Å²) in [6, 6.07) is 0. The van der Waals surface area contributed by atoms with Crippen LogP contribution in [0.15, 0.2) is 12.0 Å². The molecule has 3 heteroatoms. The van der Waals surface area contributed by atoms with E-state index in [1.54, 1.807) is 6.92 Å². The first kappa shape index (κ1) is 8.40. The van der Waals surface area contributed by atoms with Crippen molar-refractivity contribution in [1.29, 1.82) is 0 Å². The average molecular weight is 158 g/mol. The van der Waals surface area contributed by atoms with Gasteiger partial charge in [0.1, 0.15) is 25.1 Å². The second-order valence-electron chi connectivity index (χ2n) is 2.83. The van der Waals surface area contributed by atoms with Crippen LogP contribution >= 0.6 is 0 Å². The summed E-state index contributed by atoms with van der Waals surface area (Å²) in [6.45, 7) is 4.72. The molecule has 0 saturated carbocycles. The Balaban J connectivity index is 2.64. The normalized spacial score (nSPS) is 22.6. The highest BCUT2D eigenvalue weighted by atomic mass is 16.6. The van der Waals surface area contributed by atoms with Crippen LogP contribution in [-0.2, 0) is 9.47 Å². The fourth-order valence-electron chi connectivity index (χ4n) is 0.825. The van der Waals surface area contributed by atoms with Crippen LogP contribution in [0.4, 0.5) is 0 Å². The van der Waals surface area contributed by atoms with E-state index in [4.69, 9.17) is 9.47 Å². The van der Waals surface area contributed by atoms with E-state index in [1.165, 1.54) is 6.26 Å². The minimum absolute atomic E-state index is 0.530. The maximum Gasteiger partial charge on any atom is 0.162 e. The summed E-state index contributed by atoms with van der Waals surface area (Å²) in [5.74, 6) is 0.534. The summed E-state index contributed by atoms with van der Waals surface area (Å²) in [7, 11) is 0. The smallest absolute Gasteiger partial charge is 0.162 e. The zero-order chi connectivity index (χ0) is 8.32. The molecule has 1 atom stereocenters. The van der Waals surface area contributed by atoms with E-state index in [0.717, 1.165) is 0 Å². The van der Waals surface area contributed by atoms with Gasteiger partial charge in [-0.1, -0.05) is 6.92 Å². The Labute approximate surface area is 66.6 Å². The van der Waals surface area contributed by atoms with Crippen LogP contribution in [-0.4, -0.2) is 23.9 Å². The SMILES string of the molecule is CCC(C)(O)C1=COCCO1. The number of ether oxygens (including phenoxy) is 2. The number of hydrogen-bond acceptors (Lipinski definition) is 3. The maximum absolute atomic E-state index is 9.67. The molecule has 0 fully saturated rings. The Bertz CT molecular complexity index is 161. The summed E-state index contributed by atoms with van der Waals surface area (Å²) < 4.78 is 10.2. The minimum Gasteiger partial charge on any atom is -0.494 e. The lowest BCUT2D eigenvalue weighted by molar-refractivity contribution is -0.0150. The molecule has 0 amide bonds. The highest BCUT2D eigenvalue weighted by Crippen LogP contribution is 2.22. The topological polar surface area (TPSA) is 38.7 Å². The fourth-order valence-corrected chi connectivity index (χ4v) is 0.825. The van der Waals surface area contributed by atoms with Gasteiger partial charge in [-0.3, -0.25) is 0 Å². The van der Waals surface area contributed by atoms with Crippen LogP contribution in [0.2, 0.25) is 0 Å². The van der Waals surface area contributed by atoms with E-state index in [1.807, 2.05) is 6.92 Å². The van der Waals surface area contributed by atoms with Crippen LogP contribution in [0.1, 0.15) is 20.3 Å². The molecule has 0 radical (unpaired) electrons. The third kappa shape index (κ3) is 1.87. The molecule has 1 heterocycles. The molecule has 0 saturated heterocycles. The molecular weight excluding hydrogens is 144 g/mol. The number of hydrogen-bond donors (Lipinski definition) is 1. The molecule has 0 aromatic carbocycles. The van der Waals surface area contributed by atoms with E-state index >= 15 is 0 Å². The summed E-state index contributed by atoms with van der Waals surface area (Å²) in [5, 5.41) is 9.67. The molecule has 3 nitrogen and oxygen atoms in total. The van der Waals surface area contributed by atoms with Crippen molar-refractivity contribution in [2.24, 2.45) is 0 Å². The van der Waals surface area contributed by atoms with E-state index < -0.39 is 5.60 Å². The molecule has 0 spiro atoms. The van der Waals surface area contributed by atoms with Gasteiger partial charge in [0.05, 0.1) is 0 Å². The second kappa shape index (κ2) is 3.13. The molecule has 0 aromatic heterocycles. The molecule has 0 bridgehead atoms. The predicted molar refractivity (Wildman–Crippen MR) is 40.9 cm³/mol. The van der Waals surface area contributed by atoms with Crippen molar-refractivity contribution < 1.29 is 14.6 Å². The quantitative estimate of drug-likeness (QED) is 0.652. The van der Waals surface area contributed by atoms with Gasteiger partial charge >= 0.3 is 0 Å². The van der Waals surface area contributed by atoms with Gasteiger partial charge in [-0.15, -0.1) is 0 Å². The molecular formula is C8H14O3. The molecule has 11 heavy (non-hydrogen) atoms. The Kier molecular flexibility index (Phi) is 2.39. The Hall–Kier alpha value is -0.700. The molecule has 0 aliphatic carbocycles. The average Bonchev–Trinajstić information content (AvgIpc) is 2.06. The van der Waals surface area contributed by atoms with Crippen LogP contribution in [0, 0.1) is 0 Å². The molecule has 1 unspecified atom stereocenters. The third-order valence-electron chi connectivity index (χ3n) is 1.87. The first-order valence-electron chi connectivity index (χ1n) is 3.84. The Morgan fingerprint density at radius 1 is 1.64 bits per heavy atom. The summed E-state index contributed by atoms with van der Waals surface area (Å²) in [4.78, 5) is 0. The highest BCUT2D eigenvalue weighted by Gasteiger charge is 2.27. The third-order valence-corrected chi connectivity index (χ3v) is 1.87. The summed E-state index contributed by atoms with van der Waals surface area (Å²) in [6.07, 6.45) is 2.12. The van der Waals surface area contributed by atoms with E-state index in [0.29, 0.717) is 25.4 Å². The molecule has 1 aliphatic heterocycles. The van der Waals surface area contributed by atoms with Crippen molar-refractivity contribution in [1.82, 2.24) is 0 Å². The molecule has 64 valence electrons. The van der Waals surface area contributed by atoms with Crippen LogP contribution in [0.3, 0.4) is 0 Å². The van der Waals surface area contributed by atoms with Crippen molar-refractivity contribution >= 4 is 0 Å². The Morgan fingerprint density at radius 3 is 2.82 bits per heavy atom. The van der Waals surface area contributed by atoms with Crippen LogP contribution < -0.4 is 0 Å². The largest absolute Gasteiger partial charge is 0.494 e. The lowest BCUT2D eigenvalue weighted by Gasteiger charge is -2.27.